The first kappa shape index (κ1) is 23.1. The molecule has 160 valence electrons. The molecular weight excluding hydrogens is 404 g/mol. The number of hydrazone groups is 1. The molecule has 0 heterocycles. The fraction of sp³-hybridized carbons (Fsp3) is 0.286. The average Bonchev–Trinajstić information content (AvgIpc) is 2.65. The molecule has 0 aliphatic rings. The Morgan fingerprint density at radius 3 is 2.37 bits per heavy atom. The number of rotatable bonds is 7. The fourth-order valence-corrected chi connectivity index (χ4v) is 3.70. The third-order valence-corrected chi connectivity index (χ3v) is 5.61. The van der Waals surface area contributed by atoms with Crippen LogP contribution >= 0.6 is 0 Å². The predicted octanol–water partition coefficient (Wildman–Crippen LogP) is 2.57. The minimum Gasteiger partial charge on any atom is -0.326 e. The number of amides is 2. The molecule has 2 aromatic carbocycles. The van der Waals surface area contributed by atoms with E-state index in [2.05, 4.69) is 15.8 Å². The average molecular weight is 431 g/mol. The van der Waals surface area contributed by atoms with Crippen molar-refractivity contribution >= 4 is 38.9 Å². The van der Waals surface area contributed by atoms with E-state index >= 15 is 0 Å². The number of hydrogen-bond donors (Lipinski definition) is 2. The molecule has 9 heteroatoms. The first-order valence-corrected chi connectivity index (χ1v) is 11.1. The van der Waals surface area contributed by atoms with Crippen molar-refractivity contribution in [2.75, 3.05) is 22.4 Å². The Morgan fingerprint density at radius 2 is 1.73 bits per heavy atom. The maximum Gasteiger partial charge on any atom is 0.260 e. The van der Waals surface area contributed by atoms with Crippen LogP contribution in [0.5, 0.6) is 0 Å². The van der Waals surface area contributed by atoms with Crippen molar-refractivity contribution in [2.24, 2.45) is 5.10 Å². The van der Waals surface area contributed by atoms with Crippen molar-refractivity contribution in [2.45, 2.75) is 27.7 Å². The van der Waals surface area contributed by atoms with E-state index < -0.39 is 22.5 Å². The third kappa shape index (κ3) is 6.15. The van der Waals surface area contributed by atoms with Crippen LogP contribution in [-0.4, -0.2) is 38.7 Å². The number of carbonyl (C=O) groups excluding carboxylic acids is 2. The molecule has 0 aliphatic heterocycles. The number of nitrogens with zero attached hydrogens (tertiary/aromatic N) is 2. The van der Waals surface area contributed by atoms with Gasteiger partial charge in [0.15, 0.2) is 0 Å². The minimum atomic E-state index is -3.68. The Labute approximate surface area is 177 Å². The summed E-state index contributed by atoms with van der Waals surface area (Å²) in [6, 6.07) is 12.3. The summed E-state index contributed by atoms with van der Waals surface area (Å²) in [5.41, 5.74) is 6.39. The van der Waals surface area contributed by atoms with Crippen LogP contribution in [-0.2, 0) is 19.6 Å². The number of benzene rings is 2. The van der Waals surface area contributed by atoms with Gasteiger partial charge in [0.25, 0.3) is 5.91 Å². The topological polar surface area (TPSA) is 108 Å². The second kappa shape index (κ2) is 9.53. The molecule has 0 spiro atoms. The minimum absolute atomic E-state index is 0.192. The van der Waals surface area contributed by atoms with Gasteiger partial charge in [-0.15, -0.1) is 0 Å². The van der Waals surface area contributed by atoms with Crippen LogP contribution in [0.3, 0.4) is 0 Å². The van der Waals surface area contributed by atoms with Crippen LogP contribution < -0.4 is 15.0 Å². The van der Waals surface area contributed by atoms with Gasteiger partial charge in [-0.3, -0.25) is 13.9 Å². The van der Waals surface area contributed by atoms with Gasteiger partial charge in [0, 0.05) is 12.6 Å². The molecule has 0 atom stereocenters. The van der Waals surface area contributed by atoms with E-state index in [0.717, 1.165) is 21.7 Å². The van der Waals surface area contributed by atoms with Crippen LogP contribution in [0.15, 0.2) is 47.6 Å². The molecule has 2 amide bonds. The summed E-state index contributed by atoms with van der Waals surface area (Å²) in [7, 11) is -3.68. The molecule has 0 unspecified atom stereocenters. The summed E-state index contributed by atoms with van der Waals surface area (Å²) in [6.07, 6.45) is 1.06. The Kier molecular flexibility index (Phi) is 7.33. The zero-order valence-electron chi connectivity index (χ0n) is 17.7. The molecule has 0 fully saturated rings. The van der Waals surface area contributed by atoms with Crippen molar-refractivity contribution in [1.29, 1.82) is 0 Å². The molecular formula is C21H26N4O4S. The quantitative estimate of drug-likeness (QED) is 0.520. The summed E-state index contributed by atoms with van der Waals surface area (Å²) >= 11 is 0. The SMILES string of the molecule is CC(=O)Nc1cccc(/C(C)=N\NC(=O)CN(c2cccc(C)c2C)S(C)(=O)=O)c1. The number of carbonyl (C=O) groups is 2. The lowest BCUT2D eigenvalue weighted by molar-refractivity contribution is -0.119. The number of anilines is 2. The lowest BCUT2D eigenvalue weighted by atomic mass is 10.1. The smallest absolute Gasteiger partial charge is 0.260 e. The molecule has 0 aromatic heterocycles. The highest BCUT2D eigenvalue weighted by molar-refractivity contribution is 7.92. The molecule has 2 N–H and O–H groups in total. The van der Waals surface area contributed by atoms with E-state index in [0.29, 0.717) is 22.6 Å². The predicted molar refractivity (Wildman–Crippen MR) is 119 cm³/mol. The van der Waals surface area contributed by atoms with Crippen LogP contribution in [0, 0.1) is 13.8 Å². The lowest BCUT2D eigenvalue weighted by Crippen LogP contribution is -2.39. The van der Waals surface area contributed by atoms with Crippen molar-refractivity contribution in [3.8, 4) is 0 Å². The van der Waals surface area contributed by atoms with E-state index in [4.69, 9.17) is 0 Å². The van der Waals surface area contributed by atoms with Gasteiger partial charge in [0.1, 0.15) is 6.54 Å². The number of sulfonamides is 1. The standard InChI is InChI=1S/C21H26N4O4S/c1-14-8-6-11-20(15(14)2)25(30(5,28)29)13-21(27)24-23-16(3)18-9-7-10-19(12-18)22-17(4)26/h6-12H,13H2,1-5H3,(H,22,26)(H,24,27)/b23-16-. The van der Waals surface area contributed by atoms with Crippen LogP contribution in [0.1, 0.15) is 30.5 Å². The van der Waals surface area contributed by atoms with Gasteiger partial charge in [-0.2, -0.15) is 5.10 Å². The van der Waals surface area contributed by atoms with Gasteiger partial charge < -0.3 is 5.32 Å². The fourth-order valence-electron chi connectivity index (χ4n) is 2.79. The Bertz CT molecular complexity index is 1090. The summed E-state index contributed by atoms with van der Waals surface area (Å²) in [5.74, 6) is -0.763. The molecule has 2 rings (SSSR count). The number of nitrogens with one attached hydrogen (secondary N) is 2. The van der Waals surface area contributed by atoms with Gasteiger partial charge in [0.2, 0.25) is 15.9 Å². The first-order valence-electron chi connectivity index (χ1n) is 9.24. The maximum absolute atomic E-state index is 12.4. The highest BCUT2D eigenvalue weighted by Crippen LogP contribution is 2.24. The Morgan fingerprint density at radius 1 is 1.07 bits per heavy atom. The molecule has 0 saturated heterocycles. The van der Waals surface area contributed by atoms with Crippen LogP contribution in [0.2, 0.25) is 0 Å². The van der Waals surface area contributed by atoms with Gasteiger partial charge >= 0.3 is 0 Å². The Balaban J connectivity index is 2.18. The van der Waals surface area contributed by atoms with E-state index in [1.807, 2.05) is 19.9 Å². The monoisotopic (exact) mass is 430 g/mol. The summed E-state index contributed by atoms with van der Waals surface area (Å²) < 4.78 is 25.6. The second-order valence-electron chi connectivity index (χ2n) is 6.98. The van der Waals surface area contributed by atoms with Crippen molar-refractivity contribution in [1.82, 2.24) is 5.43 Å². The summed E-state index contributed by atoms with van der Waals surface area (Å²) in [6.45, 7) is 6.41. The van der Waals surface area contributed by atoms with E-state index in [9.17, 15) is 18.0 Å². The van der Waals surface area contributed by atoms with Crippen molar-refractivity contribution < 1.29 is 18.0 Å². The highest BCUT2D eigenvalue weighted by atomic mass is 32.2. The molecule has 2 aromatic rings. The first-order chi connectivity index (χ1) is 14.0. The lowest BCUT2D eigenvalue weighted by Gasteiger charge is -2.24. The molecule has 8 nitrogen and oxygen atoms in total. The summed E-state index contributed by atoms with van der Waals surface area (Å²) in [4.78, 5) is 23.6. The maximum atomic E-state index is 12.4. The van der Waals surface area contributed by atoms with Gasteiger partial charge in [0.05, 0.1) is 17.7 Å². The van der Waals surface area contributed by atoms with Crippen LogP contribution in [0.4, 0.5) is 11.4 Å². The van der Waals surface area contributed by atoms with E-state index in [1.54, 1.807) is 43.3 Å². The van der Waals surface area contributed by atoms with E-state index in [-0.39, 0.29) is 5.91 Å². The number of hydrogen-bond acceptors (Lipinski definition) is 5. The van der Waals surface area contributed by atoms with Crippen molar-refractivity contribution in [3.63, 3.8) is 0 Å². The number of aryl methyl sites for hydroxylation is 1. The molecule has 0 saturated carbocycles. The highest BCUT2D eigenvalue weighted by Gasteiger charge is 2.22. The molecule has 30 heavy (non-hydrogen) atoms. The van der Waals surface area contributed by atoms with Crippen molar-refractivity contribution in [3.05, 3.63) is 59.2 Å². The molecule has 0 radical (unpaired) electrons. The summed E-state index contributed by atoms with van der Waals surface area (Å²) in [5, 5.41) is 6.75. The van der Waals surface area contributed by atoms with Gasteiger partial charge in [-0.05, 0) is 55.7 Å². The largest absolute Gasteiger partial charge is 0.326 e. The molecule has 0 aliphatic carbocycles. The Hall–Kier alpha value is -3.20. The normalized spacial score (nSPS) is 11.7. The zero-order valence-corrected chi connectivity index (χ0v) is 18.5. The second-order valence-corrected chi connectivity index (χ2v) is 8.89. The van der Waals surface area contributed by atoms with Gasteiger partial charge in [-0.1, -0.05) is 24.3 Å². The van der Waals surface area contributed by atoms with Crippen LogP contribution in [0.25, 0.3) is 0 Å². The molecule has 0 bridgehead atoms. The third-order valence-electron chi connectivity index (χ3n) is 4.48. The van der Waals surface area contributed by atoms with E-state index in [1.165, 1.54) is 6.92 Å². The van der Waals surface area contributed by atoms with Gasteiger partial charge in [-0.25, -0.2) is 13.8 Å². The zero-order chi connectivity index (χ0) is 22.5.